The molecule has 18 heavy (non-hydrogen) atoms. The Hall–Kier alpha value is -0.850. The lowest BCUT2D eigenvalue weighted by Crippen LogP contribution is -2.00. The minimum Gasteiger partial charge on any atom is -0.378 e. The third-order valence-electron chi connectivity index (χ3n) is 2.06. The number of para-hydroxylation sites is 1. The number of halogens is 3. The first-order valence-electron chi connectivity index (χ1n) is 5.03. The van der Waals surface area contributed by atoms with Crippen molar-refractivity contribution in [1.82, 2.24) is 4.98 Å². The van der Waals surface area contributed by atoms with E-state index in [-0.39, 0.29) is 0 Å². The van der Waals surface area contributed by atoms with Crippen molar-refractivity contribution in [3.8, 4) is 0 Å². The van der Waals surface area contributed by atoms with Crippen LogP contribution in [-0.2, 0) is 6.54 Å². The Morgan fingerprint density at radius 3 is 2.83 bits per heavy atom. The van der Waals surface area contributed by atoms with Crippen LogP contribution in [0.25, 0.3) is 0 Å². The lowest BCUT2D eigenvalue weighted by atomic mass is 10.3. The summed E-state index contributed by atoms with van der Waals surface area (Å²) in [6.07, 6.45) is 1.57. The minimum atomic E-state index is -2.43. The van der Waals surface area contributed by atoms with Gasteiger partial charge in [0.15, 0.2) is 0 Å². The molecule has 0 saturated heterocycles. The van der Waals surface area contributed by atoms with Crippen molar-refractivity contribution < 1.29 is 8.78 Å². The van der Waals surface area contributed by atoms with E-state index in [4.69, 9.17) is 11.6 Å². The van der Waals surface area contributed by atoms with E-state index in [1.807, 2.05) is 0 Å². The van der Waals surface area contributed by atoms with Gasteiger partial charge in [-0.05, 0) is 12.1 Å². The molecule has 0 fully saturated rings. The maximum absolute atomic E-state index is 12.4. The summed E-state index contributed by atoms with van der Waals surface area (Å²) in [6, 6.07) is 6.96. The first kappa shape index (κ1) is 13.6. The van der Waals surface area contributed by atoms with Crippen molar-refractivity contribution in [1.29, 1.82) is 0 Å². The van der Waals surface area contributed by atoms with Crippen LogP contribution in [0.4, 0.5) is 14.5 Å². The number of thiazole rings is 1. The van der Waals surface area contributed by atoms with E-state index in [0.29, 0.717) is 33.2 Å². The van der Waals surface area contributed by atoms with E-state index < -0.39 is 5.76 Å². The Morgan fingerprint density at radius 1 is 1.39 bits per heavy atom. The standard InChI is InChI=1S/C11H9ClF2N2S2/c12-9-5-16-10(18-9)6-15-7-3-1-2-4-8(7)17-11(13)14/h1-5,11,15H,6H2. The number of alkyl halides is 2. The fourth-order valence-electron chi connectivity index (χ4n) is 1.35. The van der Waals surface area contributed by atoms with Gasteiger partial charge in [-0.2, -0.15) is 8.78 Å². The van der Waals surface area contributed by atoms with E-state index in [9.17, 15) is 8.78 Å². The molecule has 2 nitrogen and oxygen atoms in total. The van der Waals surface area contributed by atoms with Gasteiger partial charge in [-0.25, -0.2) is 4.98 Å². The number of benzene rings is 1. The summed E-state index contributed by atoms with van der Waals surface area (Å²) in [7, 11) is 0. The molecule has 0 atom stereocenters. The zero-order chi connectivity index (χ0) is 13.0. The molecule has 1 aromatic heterocycles. The summed E-state index contributed by atoms with van der Waals surface area (Å²) >= 11 is 7.66. The van der Waals surface area contributed by atoms with Gasteiger partial charge in [0, 0.05) is 10.6 Å². The fourth-order valence-corrected chi connectivity index (χ4v) is 2.86. The van der Waals surface area contributed by atoms with Crippen molar-refractivity contribution >= 4 is 40.4 Å². The second-order valence-electron chi connectivity index (χ2n) is 3.29. The van der Waals surface area contributed by atoms with Gasteiger partial charge in [0.1, 0.15) is 9.34 Å². The number of nitrogens with one attached hydrogen (secondary N) is 1. The molecular formula is C11H9ClF2N2S2. The smallest absolute Gasteiger partial charge is 0.288 e. The SMILES string of the molecule is FC(F)Sc1ccccc1NCc1ncc(Cl)s1. The van der Waals surface area contributed by atoms with Crippen LogP contribution in [0.1, 0.15) is 5.01 Å². The van der Waals surface area contributed by atoms with Crippen LogP contribution in [0.2, 0.25) is 4.34 Å². The van der Waals surface area contributed by atoms with Gasteiger partial charge in [-0.3, -0.25) is 0 Å². The highest BCUT2D eigenvalue weighted by molar-refractivity contribution is 7.99. The first-order valence-corrected chi connectivity index (χ1v) is 7.10. The average molecular weight is 307 g/mol. The molecule has 0 aliphatic rings. The van der Waals surface area contributed by atoms with Crippen LogP contribution in [0, 0.1) is 0 Å². The molecule has 1 heterocycles. The number of rotatable bonds is 5. The average Bonchev–Trinajstić information content (AvgIpc) is 2.73. The number of nitrogens with zero attached hydrogens (tertiary/aromatic N) is 1. The van der Waals surface area contributed by atoms with Gasteiger partial charge < -0.3 is 5.32 Å². The molecule has 1 N–H and O–H groups in total. The highest BCUT2D eigenvalue weighted by Gasteiger charge is 2.09. The summed E-state index contributed by atoms with van der Waals surface area (Å²) in [5.74, 6) is -2.43. The largest absolute Gasteiger partial charge is 0.378 e. The summed E-state index contributed by atoms with van der Waals surface area (Å²) in [4.78, 5) is 4.61. The molecule has 96 valence electrons. The van der Waals surface area contributed by atoms with Gasteiger partial charge in [-0.1, -0.05) is 35.5 Å². The van der Waals surface area contributed by atoms with Gasteiger partial charge >= 0.3 is 0 Å². The fraction of sp³-hybridized carbons (Fsp3) is 0.182. The normalized spacial score (nSPS) is 10.9. The number of aromatic nitrogens is 1. The van der Waals surface area contributed by atoms with Gasteiger partial charge in [0.25, 0.3) is 5.76 Å². The summed E-state index contributed by atoms with van der Waals surface area (Å²) in [5.41, 5.74) is 0.675. The monoisotopic (exact) mass is 306 g/mol. The van der Waals surface area contributed by atoms with Crippen molar-refractivity contribution in [3.63, 3.8) is 0 Å². The molecule has 2 rings (SSSR count). The Balaban J connectivity index is 2.04. The molecule has 7 heteroatoms. The summed E-state index contributed by atoms with van der Waals surface area (Å²) < 4.78 is 25.4. The summed E-state index contributed by atoms with van der Waals surface area (Å²) in [6.45, 7) is 0.470. The molecule has 0 unspecified atom stereocenters. The van der Waals surface area contributed by atoms with Crippen LogP contribution >= 0.6 is 34.7 Å². The van der Waals surface area contributed by atoms with E-state index in [1.54, 1.807) is 30.5 Å². The van der Waals surface area contributed by atoms with Gasteiger partial charge in [0.2, 0.25) is 0 Å². The third kappa shape index (κ3) is 3.83. The second-order valence-corrected chi connectivity index (χ2v) is 6.06. The highest BCUT2D eigenvalue weighted by atomic mass is 35.5. The van der Waals surface area contributed by atoms with E-state index >= 15 is 0 Å². The van der Waals surface area contributed by atoms with Crippen LogP contribution in [0.15, 0.2) is 35.4 Å². The molecule has 0 amide bonds. The molecule has 1 aromatic carbocycles. The van der Waals surface area contributed by atoms with Crippen molar-refractivity contribution in [3.05, 3.63) is 39.8 Å². The lowest BCUT2D eigenvalue weighted by molar-refractivity contribution is 0.252. The van der Waals surface area contributed by atoms with Crippen LogP contribution < -0.4 is 5.32 Å². The van der Waals surface area contributed by atoms with E-state index in [0.717, 1.165) is 5.01 Å². The molecule has 0 aliphatic carbocycles. The molecule has 0 spiro atoms. The molecule has 0 radical (unpaired) electrons. The summed E-state index contributed by atoms with van der Waals surface area (Å²) in [5, 5.41) is 3.90. The molecule has 0 aliphatic heterocycles. The Morgan fingerprint density at radius 2 is 2.17 bits per heavy atom. The topological polar surface area (TPSA) is 24.9 Å². The van der Waals surface area contributed by atoms with Gasteiger partial charge in [0.05, 0.1) is 12.7 Å². The first-order chi connectivity index (χ1) is 8.65. The molecule has 0 saturated carbocycles. The van der Waals surface area contributed by atoms with Crippen LogP contribution in [0.5, 0.6) is 0 Å². The maximum atomic E-state index is 12.4. The zero-order valence-corrected chi connectivity index (χ0v) is 11.5. The quantitative estimate of drug-likeness (QED) is 0.809. The van der Waals surface area contributed by atoms with Gasteiger partial charge in [-0.15, -0.1) is 11.3 Å². The second kappa shape index (κ2) is 6.36. The molecule has 2 aromatic rings. The predicted octanol–water partition coefficient (Wildman–Crippen LogP) is 4.72. The van der Waals surface area contributed by atoms with E-state index in [1.165, 1.54) is 11.3 Å². The highest BCUT2D eigenvalue weighted by Crippen LogP contribution is 2.32. The zero-order valence-electron chi connectivity index (χ0n) is 9.07. The minimum absolute atomic E-state index is 0.470. The maximum Gasteiger partial charge on any atom is 0.288 e. The Bertz CT molecular complexity index is 519. The van der Waals surface area contributed by atoms with Crippen molar-refractivity contribution in [2.24, 2.45) is 0 Å². The predicted molar refractivity (Wildman–Crippen MR) is 72.8 cm³/mol. The van der Waals surface area contributed by atoms with Crippen LogP contribution in [0.3, 0.4) is 0 Å². The Kier molecular flexibility index (Phi) is 4.79. The molecule has 0 bridgehead atoms. The van der Waals surface area contributed by atoms with Crippen molar-refractivity contribution in [2.75, 3.05) is 5.32 Å². The molecular weight excluding hydrogens is 298 g/mol. The number of hydrogen-bond donors (Lipinski definition) is 1. The van der Waals surface area contributed by atoms with Crippen molar-refractivity contribution in [2.45, 2.75) is 17.2 Å². The van der Waals surface area contributed by atoms with Crippen LogP contribution in [-0.4, -0.2) is 10.7 Å². The van der Waals surface area contributed by atoms with E-state index in [2.05, 4.69) is 10.3 Å². The Labute approximate surface area is 116 Å². The number of hydrogen-bond acceptors (Lipinski definition) is 4. The third-order valence-corrected chi connectivity index (χ3v) is 3.96. The number of anilines is 1. The number of thioether (sulfide) groups is 1. The lowest BCUT2D eigenvalue weighted by Gasteiger charge is -2.09.